The Labute approximate surface area is 80.8 Å². The molecule has 1 aliphatic rings. The van der Waals surface area contributed by atoms with Crippen molar-refractivity contribution in [3.05, 3.63) is 29.6 Å². The molecule has 2 heterocycles. The Hall–Kier alpha value is -1.84. The van der Waals surface area contributed by atoms with Gasteiger partial charge in [-0.05, 0) is 19.1 Å². The molecule has 1 aromatic heterocycles. The Morgan fingerprint density at radius 3 is 3.00 bits per heavy atom. The van der Waals surface area contributed by atoms with E-state index in [4.69, 9.17) is 4.74 Å². The number of nitrogens with zero attached hydrogens (tertiary/aromatic N) is 1. The lowest BCUT2D eigenvalue weighted by Crippen LogP contribution is -2.07. The van der Waals surface area contributed by atoms with Crippen molar-refractivity contribution in [2.75, 3.05) is 6.61 Å². The SMILES string of the molecule is CCOC(=O)c1ccn2c1C=CC2=O. The van der Waals surface area contributed by atoms with E-state index in [-0.39, 0.29) is 11.9 Å². The third-order valence-electron chi connectivity index (χ3n) is 2.04. The van der Waals surface area contributed by atoms with Crippen molar-refractivity contribution in [1.29, 1.82) is 0 Å². The second kappa shape index (κ2) is 3.14. The lowest BCUT2D eigenvalue weighted by Gasteiger charge is -2.00. The molecule has 4 nitrogen and oxygen atoms in total. The summed E-state index contributed by atoms with van der Waals surface area (Å²) in [6.07, 6.45) is 4.62. The van der Waals surface area contributed by atoms with Crippen molar-refractivity contribution in [3.8, 4) is 0 Å². The Morgan fingerprint density at radius 2 is 2.29 bits per heavy atom. The van der Waals surface area contributed by atoms with Gasteiger partial charge in [-0.1, -0.05) is 0 Å². The Bertz CT molecular complexity index is 429. The van der Waals surface area contributed by atoms with Crippen LogP contribution in [-0.2, 0) is 4.74 Å². The fourth-order valence-corrected chi connectivity index (χ4v) is 1.42. The molecular formula is C10H9NO3. The summed E-state index contributed by atoms with van der Waals surface area (Å²) in [4.78, 5) is 22.6. The molecule has 0 saturated carbocycles. The van der Waals surface area contributed by atoms with Crippen LogP contribution in [0.5, 0.6) is 0 Å². The van der Waals surface area contributed by atoms with Crippen LogP contribution in [-0.4, -0.2) is 23.1 Å². The summed E-state index contributed by atoms with van der Waals surface area (Å²) in [6, 6.07) is 1.59. The molecule has 0 unspecified atom stereocenters. The van der Waals surface area contributed by atoms with Crippen molar-refractivity contribution in [3.63, 3.8) is 0 Å². The molecule has 0 aliphatic carbocycles. The summed E-state index contributed by atoms with van der Waals surface area (Å²) in [5.74, 6) is -0.517. The van der Waals surface area contributed by atoms with Crippen LogP contribution in [0, 0.1) is 0 Å². The van der Waals surface area contributed by atoms with E-state index in [1.54, 1.807) is 25.3 Å². The first-order chi connectivity index (χ1) is 6.74. The molecule has 0 atom stereocenters. The van der Waals surface area contributed by atoms with Gasteiger partial charge in [0.2, 0.25) is 0 Å². The van der Waals surface area contributed by atoms with Crippen LogP contribution < -0.4 is 0 Å². The monoisotopic (exact) mass is 191 g/mol. The zero-order valence-corrected chi connectivity index (χ0v) is 7.69. The normalized spacial score (nSPS) is 13.1. The number of fused-ring (bicyclic) bond motifs is 1. The minimum Gasteiger partial charge on any atom is -0.462 e. The van der Waals surface area contributed by atoms with Gasteiger partial charge in [0.15, 0.2) is 0 Å². The third-order valence-corrected chi connectivity index (χ3v) is 2.04. The maximum absolute atomic E-state index is 11.4. The number of rotatable bonds is 2. The molecule has 0 N–H and O–H groups in total. The summed E-state index contributed by atoms with van der Waals surface area (Å²) in [6.45, 7) is 2.08. The van der Waals surface area contributed by atoms with Gasteiger partial charge < -0.3 is 4.74 Å². The van der Waals surface area contributed by atoms with Crippen molar-refractivity contribution < 1.29 is 14.3 Å². The predicted molar refractivity (Wildman–Crippen MR) is 50.0 cm³/mol. The Kier molecular flexibility index (Phi) is 1.96. The van der Waals surface area contributed by atoms with Gasteiger partial charge in [-0.2, -0.15) is 0 Å². The van der Waals surface area contributed by atoms with Gasteiger partial charge in [0.05, 0.1) is 17.9 Å². The number of allylic oxidation sites excluding steroid dienone is 1. The first kappa shape index (κ1) is 8.74. The molecule has 72 valence electrons. The zero-order chi connectivity index (χ0) is 10.1. The van der Waals surface area contributed by atoms with Crippen molar-refractivity contribution in [1.82, 2.24) is 4.57 Å². The number of esters is 1. The van der Waals surface area contributed by atoms with E-state index in [1.807, 2.05) is 0 Å². The highest BCUT2D eigenvalue weighted by Gasteiger charge is 2.20. The summed E-state index contributed by atoms with van der Waals surface area (Å²) in [7, 11) is 0. The van der Waals surface area contributed by atoms with Gasteiger partial charge in [-0.3, -0.25) is 9.36 Å². The van der Waals surface area contributed by atoms with E-state index >= 15 is 0 Å². The van der Waals surface area contributed by atoms with Crippen LogP contribution in [0.4, 0.5) is 0 Å². The van der Waals surface area contributed by atoms with Gasteiger partial charge in [0.1, 0.15) is 0 Å². The molecule has 0 amide bonds. The lowest BCUT2D eigenvalue weighted by atomic mass is 10.2. The van der Waals surface area contributed by atoms with E-state index in [0.29, 0.717) is 17.9 Å². The van der Waals surface area contributed by atoms with Crippen molar-refractivity contribution in [2.24, 2.45) is 0 Å². The van der Waals surface area contributed by atoms with Crippen LogP contribution >= 0.6 is 0 Å². The van der Waals surface area contributed by atoms with E-state index in [9.17, 15) is 9.59 Å². The molecule has 4 heteroatoms. The van der Waals surface area contributed by atoms with Crippen LogP contribution in [0.3, 0.4) is 0 Å². The molecule has 1 aliphatic heterocycles. The van der Waals surface area contributed by atoms with Crippen molar-refractivity contribution >= 4 is 18.0 Å². The minimum atomic E-state index is -0.388. The molecule has 0 radical (unpaired) electrons. The molecule has 2 rings (SSSR count). The summed E-state index contributed by atoms with van der Waals surface area (Å²) >= 11 is 0. The van der Waals surface area contributed by atoms with E-state index in [0.717, 1.165) is 0 Å². The topological polar surface area (TPSA) is 48.3 Å². The zero-order valence-electron chi connectivity index (χ0n) is 7.69. The largest absolute Gasteiger partial charge is 0.462 e. The van der Waals surface area contributed by atoms with Gasteiger partial charge in [0, 0.05) is 12.3 Å². The summed E-state index contributed by atoms with van der Waals surface area (Å²) in [5, 5.41) is 0. The summed E-state index contributed by atoms with van der Waals surface area (Å²) < 4.78 is 6.27. The molecule has 0 bridgehead atoms. The fraction of sp³-hybridized carbons (Fsp3) is 0.200. The first-order valence-electron chi connectivity index (χ1n) is 4.35. The Balaban J connectivity index is 2.38. The van der Waals surface area contributed by atoms with Crippen LogP contribution in [0.15, 0.2) is 18.3 Å². The minimum absolute atomic E-state index is 0.129. The molecule has 0 spiro atoms. The fourth-order valence-electron chi connectivity index (χ4n) is 1.42. The van der Waals surface area contributed by atoms with E-state index < -0.39 is 0 Å². The molecular weight excluding hydrogens is 182 g/mol. The molecule has 0 aromatic carbocycles. The molecule has 14 heavy (non-hydrogen) atoms. The van der Waals surface area contributed by atoms with Crippen LogP contribution in [0.25, 0.3) is 6.08 Å². The van der Waals surface area contributed by atoms with Crippen LogP contribution in [0.1, 0.15) is 27.8 Å². The average Bonchev–Trinajstić information content (AvgIpc) is 2.69. The van der Waals surface area contributed by atoms with Gasteiger partial charge in [0.25, 0.3) is 5.91 Å². The van der Waals surface area contributed by atoms with Crippen molar-refractivity contribution in [2.45, 2.75) is 6.92 Å². The standard InChI is InChI=1S/C10H9NO3/c1-2-14-10(13)7-5-6-11-8(7)3-4-9(11)12/h3-6H,2H2,1H3. The number of aromatic nitrogens is 1. The second-order valence-electron chi connectivity index (χ2n) is 2.88. The number of carbonyl (C=O) groups is 2. The summed E-state index contributed by atoms with van der Waals surface area (Å²) in [5.41, 5.74) is 1.04. The average molecular weight is 191 g/mol. The highest BCUT2D eigenvalue weighted by molar-refractivity contribution is 6.04. The van der Waals surface area contributed by atoms with Gasteiger partial charge >= 0.3 is 5.97 Å². The Morgan fingerprint density at radius 1 is 1.50 bits per heavy atom. The number of hydrogen-bond donors (Lipinski definition) is 0. The first-order valence-corrected chi connectivity index (χ1v) is 4.35. The van der Waals surface area contributed by atoms with E-state index in [2.05, 4.69) is 0 Å². The molecule has 1 aromatic rings. The second-order valence-corrected chi connectivity index (χ2v) is 2.88. The lowest BCUT2D eigenvalue weighted by molar-refractivity contribution is 0.0526. The number of carbonyl (C=O) groups excluding carboxylic acids is 2. The number of hydrogen-bond acceptors (Lipinski definition) is 3. The van der Waals surface area contributed by atoms with Gasteiger partial charge in [-0.25, -0.2) is 4.79 Å². The smallest absolute Gasteiger partial charge is 0.340 e. The molecule has 0 fully saturated rings. The predicted octanol–water partition coefficient (Wildman–Crippen LogP) is 1.33. The molecule has 0 saturated heterocycles. The highest BCUT2D eigenvalue weighted by Crippen LogP contribution is 2.19. The quantitative estimate of drug-likeness (QED) is 0.662. The van der Waals surface area contributed by atoms with E-state index in [1.165, 1.54) is 10.6 Å². The number of ether oxygens (including phenoxy) is 1. The highest BCUT2D eigenvalue weighted by atomic mass is 16.5. The maximum atomic E-state index is 11.4. The van der Waals surface area contributed by atoms with Crippen LogP contribution in [0.2, 0.25) is 0 Å². The third kappa shape index (κ3) is 1.16. The maximum Gasteiger partial charge on any atom is 0.340 e. The van der Waals surface area contributed by atoms with Gasteiger partial charge in [-0.15, -0.1) is 0 Å².